The Labute approximate surface area is 75.1 Å². The lowest BCUT2D eigenvalue weighted by atomic mass is 10.0. The second kappa shape index (κ2) is 2.88. The number of benzene rings is 1. The second-order valence-corrected chi connectivity index (χ2v) is 3.15. The maximum atomic E-state index is 11.2. The molecule has 62 valence electrons. The van der Waals surface area contributed by atoms with Crippen LogP contribution >= 0.6 is 11.6 Å². The first-order valence-electron chi connectivity index (χ1n) is 3.67. The van der Waals surface area contributed by atoms with Gasteiger partial charge in [0.25, 0.3) is 0 Å². The summed E-state index contributed by atoms with van der Waals surface area (Å²) in [4.78, 5) is 11.2. The van der Waals surface area contributed by atoms with Crippen LogP contribution in [0.1, 0.15) is 15.9 Å². The molecular weight excluding hydrogens is 176 g/mol. The van der Waals surface area contributed by atoms with Crippen molar-refractivity contribution >= 4 is 17.4 Å². The molecule has 0 spiro atoms. The fourth-order valence-electron chi connectivity index (χ4n) is 1.29. The Bertz CT molecular complexity index is 333. The quantitative estimate of drug-likeness (QED) is 0.614. The van der Waals surface area contributed by atoms with Crippen LogP contribution in [-0.4, -0.2) is 12.4 Å². The molecule has 2 rings (SSSR count). The summed E-state index contributed by atoms with van der Waals surface area (Å²) in [5, 5.41) is 0.645. The molecule has 1 heterocycles. The molecule has 12 heavy (non-hydrogen) atoms. The number of carbonyl (C=O) groups excluding carboxylic acids is 1. The first-order chi connectivity index (χ1) is 5.77. The van der Waals surface area contributed by atoms with E-state index in [0.717, 1.165) is 11.1 Å². The van der Waals surface area contributed by atoms with Gasteiger partial charge in [-0.2, -0.15) is 0 Å². The van der Waals surface area contributed by atoms with Crippen LogP contribution < -0.4 is 0 Å². The molecule has 0 aromatic heterocycles. The third-order valence-corrected chi connectivity index (χ3v) is 2.09. The molecule has 0 unspecified atom stereocenters. The number of halogens is 1. The molecule has 0 amide bonds. The largest absolute Gasteiger partial charge is 0.369 e. The summed E-state index contributed by atoms with van der Waals surface area (Å²) in [5.41, 5.74) is 1.63. The Balaban J connectivity index is 2.53. The van der Waals surface area contributed by atoms with Gasteiger partial charge >= 0.3 is 0 Å². The van der Waals surface area contributed by atoms with Gasteiger partial charge in [0, 0.05) is 10.6 Å². The first-order valence-corrected chi connectivity index (χ1v) is 4.04. The summed E-state index contributed by atoms with van der Waals surface area (Å²) in [7, 11) is 0. The van der Waals surface area contributed by atoms with Gasteiger partial charge in [0.1, 0.15) is 6.61 Å². The normalized spacial score (nSPS) is 15.9. The average Bonchev–Trinajstić information content (AvgIpc) is 2.04. The smallest absolute Gasteiger partial charge is 0.188 e. The SMILES string of the molecule is O=C1COCc2cc(Cl)ccc21. The zero-order chi connectivity index (χ0) is 8.55. The van der Waals surface area contributed by atoms with E-state index in [1.807, 2.05) is 0 Å². The van der Waals surface area contributed by atoms with E-state index in [2.05, 4.69) is 0 Å². The van der Waals surface area contributed by atoms with Crippen LogP contribution in [0.2, 0.25) is 5.02 Å². The average molecular weight is 183 g/mol. The van der Waals surface area contributed by atoms with E-state index in [1.54, 1.807) is 18.2 Å². The zero-order valence-electron chi connectivity index (χ0n) is 6.34. The molecule has 0 bridgehead atoms. The van der Waals surface area contributed by atoms with E-state index < -0.39 is 0 Å². The van der Waals surface area contributed by atoms with Gasteiger partial charge < -0.3 is 4.74 Å². The first kappa shape index (κ1) is 7.77. The van der Waals surface area contributed by atoms with E-state index in [-0.39, 0.29) is 12.4 Å². The Morgan fingerprint density at radius 1 is 1.33 bits per heavy atom. The predicted octanol–water partition coefficient (Wildman–Crippen LogP) is 2.05. The number of ketones is 1. The van der Waals surface area contributed by atoms with Gasteiger partial charge in [0.15, 0.2) is 5.78 Å². The number of fused-ring (bicyclic) bond motifs is 1. The third kappa shape index (κ3) is 1.24. The van der Waals surface area contributed by atoms with Gasteiger partial charge in [-0.15, -0.1) is 0 Å². The maximum Gasteiger partial charge on any atom is 0.188 e. The summed E-state index contributed by atoms with van der Waals surface area (Å²) in [5.74, 6) is 0.0351. The van der Waals surface area contributed by atoms with Gasteiger partial charge in [0.2, 0.25) is 0 Å². The van der Waals surface area contributed by atoms with E-state index in [1.165, 1.54) is 0 Å². The molecule has 2 nitrogen and oxygen atoms in total. The summed E-state index contributed by atoms with van der Waals surface area (Å²) >= 11 is 5.76. The molecule has 0 fully saturated rings. The summed E-state index contributed by atoms with van der Waals surface area (Å²) in [6.07, 6.45) is 0. The van der Waals surface area contributed by atoms with E-state index in [0.29, 0.717) is 11.6 Å². The molecule has 0 N–H and O–H groups in total. The molecule has 0 saturated heterocycles. The van der Waals surface area contributed by atoms with Crippen LogP contribution in [0.3, 0.4) is 0 Å². The van der Waals surface area contributed by atoms with Crippen LogP contribution in [0.15, 0.2) is 18.2 Å². The number of ether oxygens (including phenoxy) is 1. The van der Waals surface area contributed by atoms with Gasteiger partial charge in [-0.1, -0.05) is 11.6 Å². The highest BCUT2D eigenvalue weighted by Crippen LogP contribution is 2.20. The molecule has 0 radical (unpaired) electrons. The molecule has 0 atom stereocenters. The Kier molecular flexibility index (Phi) is 1.87. The van der Waals surface area contributed by atoms with Crippen LogP contribution in [0.25, 0.3) is 0 Å². The Morgan fingerprint density at radius 3 is 3.00 bits per heavy atom. The number of rotatable bonds is 0. The van der Waals surface area contributed by atoms with Crippen molar-refractivity contribution in [2.24, 2.45) is 0 Å². The van der Waals surface area contributed by atoms with Crippen LogP contribution in [0.5, 0.6) is 0 Å². The Morgan fingerprint density at radius 2 is 2.17 bits per heavy atom. The minimum absolute atomic E-state index is 0.0351. The van der Waals surface area contributed by atoms with E-state index in [9.17, 15) is 4.79 Å². The summed E-state index contributed by atoms with van der Waals surface area (Å²) in [6, 6.07) is 5.25. The number of hydrogen-bond donors (Lipinski definition) is 0. The highest BCUT2D eigenvalue weighted by molar-refractivity contribution is 6.30. The van der Waals surface area contributed by atoms with Crippen molar-refractivity contribution in [1.29, 1.82) is 0 Å². The number of carbonyl (C=O) groups is 1. The lowest BCUT2D eigenvalue weighted by Crippen LogP contribution is -2.17. The molecule has 1 aromatic rings. The van der Waals surface area contributed by atoms with Crippen molar-refractivity contribution in [3.63, 3.8) is 0 Å². The van der Waals surface area contributed by atoms with Crippen LogP contribution in [-0.2, 0) is 11.3 Å². The van der Waals surface area contributed by atoms with Gasteiger partial charge in [-0.25, -0.2) is 0 Å². The lowest BCUT2D eigenvalue weighted by molar-refractivity contribution is 0.0665. The molecule has 0 aliphatic carbocycles. The van der Waals surface area contributed by atoms with Gasteiger partial charge in [-0.05, 0) is 23.8 Å². The van der Waals surface area contributed by atoms with E-state index in [4.69, 9.17) is 16.3 Å². The molecule has 1 aliphatic heterocycles. The van der Waals surface area contributed by atoms with Crippen molar-refractivity contribution in [3.05, 3.63) is 34.3 Å². The van der Waals surface area contributed by atoms with Crippen molar-refractivity contribution in [2.45, 2.75) is 6.61 Å². The van der Waals surface area contributed by atoms with Crippen LogP contribution in [0, 0.1) is 0 Å². The lowest BCUT2D eigenvalue weighted by Gasteiger charge is -2.14. The molecule has 1 aliphatic rings. The summed E-state index contributed by atoms with van der Waals surface area (Å²) < 4.78 is 5.06. The van der Waals surface area contributed by atoms with Crippen molar-refractivity contribution < 1.29 is 9.53 Å². The zero-order valence-corrected chi connectivity index (χ0v) is 7.10. The van der Waals surface area contributed by atoms with Crippen molar-refractivity contribution in [2.75, 3.05) is 6.61 Å². The van der Waals surface area contributed by atoms with Crippen molar-refractivity contribution in [3.8, 4) is 0 Å². The molecule has 1 aromatic carbocycles. The highest BCUT2D eigenvalue weighted by Gasteiger charge is 2.16. The molecular formula is C9H7ClO2. The van der Waals surface area contributed by atoms with Gasteiger partial charge in [0.05, 0.1) is 6.61 Å². The fraction of sp³-hybridized carbons (Fsp3) is 0.222. The third-order valence-electron chi connectivity index (χ3n) is 1.86. The molecule has 0 saturated carbocycles. The predicted molar refractivity (Wildman–Crippen MR) is 45.4 cm³/mol. The van der Waals surface area contributed by atoms with Gasteiger partial charge in [-0.3, -0.25) is 4.79 Å². The standard InChI is InChI=1S/C9H7ClO2/c10-7-1-2-8-6(3-7)4-12-5-9(8)11/h1-3H,4-5H2. The molecule has 3 heteroatoms. The Hall–Kier alpha value is -0.860. The number of hydrogen-bond acceptors (Lipinski definition) is 2. The van der Waals surface area contributed by atoms with E-state index >= 15 is 0 Å². The fourth-order valence-corrected chi connectivity index (χ4v) is 1.48. The summed E-state index contributed by atoms with van der Waals surface area (Å²) in [6.45, 7) is 0.677. The number of Topliss-reactive ketones (excluding diaryl/α,β-unsaturated/α-hetero) is 1. The van der Waals surface area contributed by atoms with Crippen molar-refractivity contribution in [1.82, 2.24) is 0 Å². The minimum Gasteiger partial charge on any atom is -0.369 e. The second-order valence-electron chi connectivity index (χ2n) is 2.72. The maximum absolute atomic E-state index is 11.2. The highest BCUT2D eigenvalue weighted by atomic mass is 35.5. The van der Waals surface area contributed by atoms with Crippen LogP contribution in [0.4, 0.5) is 0 Å². The minimum atomic E-state index is 0.0351. The monoisotopic (exact) mass is 182 g/mol. The topological polar surface area (TPSA) is 26.3 Å².